The second-order valence-corrected chi connectivity index (χ2v) is 7.36. The number of para-hydroxylation sites is 1. The largest absolute Gasteiger partial charge is 0.487 e. The molecule has 1 aliphatic rings. The minimum absolute atomic E-state index is 0.195. The first-order chi connectivity index (χ1) is 13.3. The molecule has 1 heterocycles. The first-order valence-corrected chi connectivity index (χ1v) is 9.91. The van der Waals surface area contributed by atoms with E-state index >= 15 is 0 Å². The molecule has 1 aromatic heterocycles. The molecule has 3 heteroatoms. The van der Waals surface area contributed by atoms with Gasteiger partial charge in [-0.25, -0.2) is 4.98 Å². The zero-order valence-electron chi connectivity index (χ0n) is 15.6. The van der Waals surface area contributed by atoms with Crippen LogP contribution in [0.3, 0.4) is 0 Å². The third-order valence-corrected chi connectivity index (χ3v) is 5.41. The third kappa shape index (κ3) is 4.36. The second kappa shape index (κ2) is 8.34. The van der Waals surface area contributed by atoms with Gasteiger partial charge in [-0.05, 0) is 49.2 Å². The number of hydrogen-bond donors (Lipinski definition) is 0. The van der Waals surface area contributed by atoms with Crippen LogP contribution in [0.2, 0.25) is 0 Å². The molecule has 0 amide bonds. The van der Waals surface area contributed by atoms with E-state index in [0.29, 0.717) is 12.4 Å². The molecular weight excluding hydrogens is 334 g/mol. The molecule has 0 radical (unpaired) electrons. The van der Waals surface area contributed by atoms with Crippen molar-refractivity contribution in [2.24, 2.45) is 5.92 Å². The number of Topliss-reactive ketones (excluding diaryl/α,β-unsaturated/α-hetero) is 1. The minimum atomic E-state index is 0.195. The van der Waals surface area contributed by atoms with Gasteiger partial charge in [-0.15, -0.1) is 0 Å². The predicted molar refractivity (Wildman–Crippen MR) is 108 cm³/mol. The molecule has 0 atom stereocenters. The molecule has 27 heavy (non-hydrogen) atoms. The monoisotopic (exact) mass is 359 g/mol. The van der Waals surface area contributed by atoms with Crippen LogP contribution in [0.25, 0.3) is 10.9 Å². The van der Waals surface area contributed by atoms with E-state index in [-0.39, 0.29) is 5.92 Å². The van der Waals surface area contributed by atoms with Crippen LogP contribution in [-0.2, 0) is 6.61 Å². The van der Waals surface area contributed by atoms with Crippen LogP contribution < -0.4 is 4.74 Å². The number of nitrogens with zero attached hydrogens (tertiary/aromatic N) is 1. The van der Waals surface area contributed by atoms with Gasteiger partial charge in [0.2, 0.25) is 0 Å². The molecule has 0 unspecified atom stereocenters. The smallest absolute Gasteiger partial charge is 0.165 e. The number of carbonyl (C=O) groups excluding carboxylic acids is 1. The van der Waals surface area contributed by atoms with Crippen molar-refractivity contribution in [2.75, 3.05) is 0 Å². The highest BCUT2D eigenvalue weighted by molar-refractivity contribution is 5.97. The number of pyridine rings is 1. The van der Waals surface area contributed by atoms with Crippen LogP contribution in [0, 0.1) is 5.92 Å². The Balaban J connectivity index is 1.39. The van der Waals surface area contributed by atoms with Gasteiger partial charge in [-0.2, -0.15) is 0 Å². The first kappa shape index (κ1) is 17.7. The summed E-state index contributed by atoms with van der Waals surface area (Å²) in [4.78, 5) is 17.3. The maximum absolute atomic E-state index is 12.7. The average Bonchev–Trinajstić information content (AvgIpc) is 3.01. The van der Waals surface area contributed by atoms with Crippen LogP contribution >= 0.6 is 0 Å². The highest BCUT2D eigenvalue weighted by Crippen LogP contribution is 2.27. The van der Waals surface area contributed by atoms with Gasteiger partial charge in [-0.1, -0.05) is 49.9 Å². The van der Waals surface area contributed by atoms with Crippen LogP contribution in [0.1, 0.15) is 54.6 Å². The molecule has 1 saturated carbocycles. The number of hydrogen-bond acceptors (Lipinski definition) is 3. The Bertz CT molecular complexity index is 909. The molecule has 0 bridgehead atoms. The van der Waals surface area contributed by atoms with E-state index in [1.165, 1.54) is 25.7 Å². The topological polar surface area (TPSA) is 39.2 Å². The number of aromatic nitrogens is 1. The maximum atomic E-state index is 12.7. The minimum Gasteiger partial charge on any atom is -0.487 e. The summed E-state index contributed by atoms with van der Waals surface area (Å²) in [6.45, 7) is 0.417. The standard InChI is InChI=1S/C24H25NO2/c26-24(19-8-3-1-2-4-9-19)20-12-15-22(16-13-20)27-17-21-14-11-18-7-5-6-10-23(18)25-21/h5-7,10-16,19H,1-4,8-9,17H2. The number of ketones is 1. The summed E-state index contributed by atoms with van der Waals surface area (Å²) in [6, 6.07) is 19.7. The van der Waals surface area contributed by atoms with Gasteiger partial charge >= 0.3 is 0 Å². The molecule has 3 aromatic rings. The van der Waals surface area contributed by atoms with Crippen molar-refractivity contribution in [3.05, 3.63) is 71.9 Å². The van der Waals surface area contributed by atoms with Crippen molar-refractivity contribution >= 4 is 16.7 Å². The van der Waals surface area contributed by atoms with E-state index in [1.807, 2.05) is 48.5 Å². The number of benzene rings is 2. The van der Waals surface area contributed by atoms with E-state index in [4.69, 9.17) is 4.74 Å². The summed E-state index contributed by atoms with van der Waals surface area (Å²) in [5, 5.41) is 1.13. The van der Waals surface area contributed by atoms with Gasteiger partial charge in [0.1, 0.15) is 12.4 Å². The zero-order valence-corrected chi connectivity index (χ0v) is 15.6. The number of fused-ring (bicyclic) bond motifs is 1. The molecule has 4 rings (SSSR count). The Hall–Kier alpha value is -2.68. The molecule has 3 nitrogen and oxygen atoms in total. The Labute approximate surface area is 160 Å². The number of ether oxygens (including phenoxy) is 1. The van der Waals surface area contributed by atoms with Crippen molar-refractivity contribution < 1.29 is 9.53 Å². The van der Waals surface area contributed by atoms with Crippen LogP contribution in [0.15, 0.2) is 60.7 Å². The van der Waals surface area contributed by atoms with Gasteiger partial charge in [0.05, 0.1) is 11.2 Å². The lowest BCUT2D eigenvalue weighted by atomic mass is 9.91. The summed E-state index contributed by atoms with van der Waals surface area (Å²) < 4.78 is 5.87. The van der Waals surface area contributed by atoms with Gasteiger partial charge in [0.15, 0.2) is 5.78 Å². The Morgan fingerprint density at radius 3 is 2.41 bits per heavy atom. The molecular formula is C24H25NO2. The van der Waals surface area contributed by atoms with Crippen molar-refractivity contribution in [3.63, 3.8) is 0 Å². The van der Waals surface area contributed by atoms with Crippen molar-refractivity contribution in [1.82, 2.24) is 4.98 Å². The molecule has 1 fully saturated rings. The third-order valence-electron chi connectivity index (χ3n) is 5.41. The van der Waals surface area contributed by atoms with Crippen molar-refractivity contribution in [3.8, 4) is 5.75 Å². The molecule has 138 valence electrons. The average molecular weight is 359 g/mol. The predicted octanol–water partition coefficient (Wildman–Crippen LogP) is 5.97. The normalized spacial score (nSPS) is 15.4. The number of carbonyl (C=O) groups is 1. The Morgan fingerprint density at radius 2 is 1.63 bits per heavy atom. The molecule has 1 aliphatic carbocycles. The Morgan fingerprint density at radius 1 is 0.889 bits per heavy atom. The lowest BCUT2D eigenvalue weighted by Gasteiger charge is -2.13. The number of rotatable bonds is 5. The Kier molecular flexibility index (Phi) is 5.47. The fourth-order valence-corrected chi connectivity index (χ4v) is 3.84. The van der Waals surface area contributed by atoms with E-state index in [9.17, 15) is 4.79 Å². The molecule has 0 N–H and O–H groups in total. The van der Waals surface area contributed by atoms with Gasteiger partial charge in [0.25, 0.3) is 0 Å². The quantitative estimate of drug-likeness (QED) is 0.416. The summed E-state index contributed by atoms with van der Waals surface area (Å²) >= 11 is 0. The van der Waals surface area contributed by atoms with Crippen LogP contribution in [0.5, 0.6) is 5.75 Å². The van der Waals surface area contributed by atoms with Gasteiger partial charge < -0.3 is 4.74 Å². The maximum Gasteiger partial charge on any atom is 0.165 e. The molecule has 0 saturated heterocycles. The van der Waals surface area contributed by atoms with E-state index in [1.54, 1.807) is 0 Å². The molecule has 2 aromatic carbocycles. The van der Waals surface area contributed by atoms with Gasteiger partial charge in [0, 0.05) is 16.9 Å². The lowest BCUT2D eigenvalue weighted by Crippen LogP contribution is -2.14. The fraction of sp³-hybridized carbons (Fsp3) is 0.333. The van der Waals surface area contributed by atoms with E-state index in [0.717, 1.165) is 40.8 Å². The van der Waals surface area contributed by atoms with Crippen LogP contribution in [-0.4, -0.2) is 10.8 Å². The fourth-order valence-electron chi connectivity index (χ4n) is 3.84. The summed E-state index contributed by atoms with van der Waals surface area (Å²) in [5.74, 6) is 1.25. The first-order valence-electron chi connectivity index (χ1n) is 9.91. The molecule has 0 aliphatic heterocycles. The SMILES string of the molecule is O=C(c1ccc(OCc2ccc3ccccc3n2)cc1)C1CCCCCC1. The van der Waals surface area contributed by atoms with E-state index < -0.39 is 0 Å². The zero-order chi connectivity index (χ0) is 18.5. The van der Waals surface area contributed by atoms with Crippen molar-refractivity contribution in [2.45, 2.75) is 45.1 Å². The highest BCUT2D eigenvalue weighted by Gasteiger charge is 2.21. The highest BCUT2D eigenvalue weighted by atomic mass is 16.5. The summed E-state index contributed by atoms with van der Waals surface area (Å²) in [6.07, 6.45) is 6.95. The summed E-state index contributed by atoms with van der Waals surface area (Å²) in [5.41, 5.74) is 2.67. The van der Waals surface area contributed by atoms with Crippen LogP contribution in [0.4, 0.5) is 0 Å². The second-order valence-electron chi connectivity index (χ2n) is 7.36. The van der Waals surface area contributed by atoms with Gasteiger partial charge in [-0.3, -0.25) is 4.79 Å². The van der Waals surface area contributed by atoms with Crippen molar-refractivity contribution in [1.29, 1.82) is 0 Å². The summed E-state index contributed by atoms with van der Waals surface area (Å²) in [7, 11) is 0. The van der Waals surface area contributed by atoms with E-state index in [2.05, 4.69) is 17.1 Å². The lowest BCUT2D eigenvalue weighted by molar-refractivity contribution is 0.0908. The molecule has 0 spiro atoms.